The Balaban J connectivity index is 2.31. The summed E-state index contributed by atoms with van der Waals surface area (Å²) >= 11 is 0. The van der Waals surface area contributed by atoms with Crippen molar-refractivity contribution in [2.24, 2.45) is 0 Å². The van der Waals surface area contributed by atoms with Crippen LogP contribution in [0.15, 0.2) is 42.5 Å². The zero-order valence-corrected chi connectivity index (χ0v) is 10.9. The second kappa shape index (κ2) is 5.36. The molecule has 3 nitrogen and oxygen atoms in total. The Morgan fingerprint density at radius 1 is 1.16 bits per heavy atom. The summed E-state index contributed by atoms with van der Waals surface area (Å²) < 4.78 is 0. The van der Waals surface area contributed by atoms with Crippen molar-refractivity contribution in [3.63, 3.8) is 0 Å². The van der Waals surface area contributed by atoms with E-state index in [2.05, 4.69) is 11.4 Å². The summed E-state index contributed by atoms with van der Waals surface area (Å²) in [5, 5.41) is 11.8. The molecule has 2 aromatic rings. The van der Waals surface area contributed by atoms with Crippen LogP contribution < -0.4 is 5.32 Å². The highest BCUT2D eigenvalue weighted by Gasteiger charge is 2.11. The Hall–Kier alpha value is -2.60. The van der Waals surface area contributed by atoms with E-state index in [-0.39, 0.29) is 5.91 Å². The number of carbonyl (C=O) groups excluding carboxylic acids is 1. The van der Waals surface area contributed by atoms with E-state index in [1.165, 1.54) is 0 Å². The number of hydrogen-bond donors (Lipinski definition) is 1. The number of hydrogen-bond acceptors (Lipinski definition) is 2. The lowest BCUT2D eigenvalue weighted by Crippen LogP contribution is -2.14. The molecule has 1 amide bonds. The molecule has 19 heavy (non-hydrogen) atoms. The van der Waals surface area contributed by atoms with Crippen molar-refractivity contribution in [1.29, 1.82) is 5.26 Å². The predicted molar refractivity (Wildman–Crippen MR) is 75.0 cm³/mol. The SMILES string of the molecule is Cc1ccc(C)c(C(=O)Nc2ccccc2C#N)c1. The van der Waals surface area contributed by atoms with Gasteiger partial charge in [0.15, 0.2) is 0 Å². The molecule has 0 spiro atoms. The molecular weight excluding hydrogens is 236 g/mol. The van der Waals surface area contributed by atoms with E-state index in [0.29, 0.717) is 16.8 Å². The van der Waals surface area contributed by atoms with E-state index >= 15 is 0 Å². The zero-order valence-electron chi connectivity index (χ0n) is 10.9. The second-order valence-electron chi connectivity index (χ2n) is 4.43. The highest BCUT2D eigenvalue weighted by Crippen LogP contribution is 2.17. The van der Waals surface area contributed by atoms with Crippen molar-refractivity contribution in [2.75, 3.05) is 5.32 Å². The fourth-order valence-corrected chi connectivity index (χ4v) is 1.86. The lowest BCUT2D eigenvalue weighted by Gasteiger charge is -2.09. The standard InChI is InChI=1S/C16H14N2O/c1-11-7-8-12(2)14(9-11)16(19)18-15-6-4-3-5-13(15)10-17/h3-9H,1-2H3,(H,18,19). The maximum absolute atomic E-state index is 12.2. The number of amides is 1. The number of rotatable bonds is 2. The molecular formula is C16H14N2O. The van der Waals surface area contributed by atoms with Crippen LogP contribution in [0.2, 0.25) is 0 Å². The molecule has 1 N–H and O–H groups in total. The van der Waals surface area contributed by atoms with Crippen LogP contribution in [-0.4, -0.2) is 5.91 Å². The summed E-state index contributed by atoms with van der Waals surface area (Å²) in [5.41, 5.74) is 3.58. The van der Waals surface area contributed by atoms with E-state index in [4.69, 9.17) is 5.26 Å². The van der Waals surface area contributed by atoms with Crippen LogP contribution in [0, 0.1) is 25.2 Å². The molecule has 0 fully saturated rings. The lowest BCUT2D eigenvalue weighted by atomic mass is 10.0. The van der Waals surface area contributed by atoms with Crippen LogP contribution in [0.1, 0.15) is 27.0 Å². The molecule has 0 saturated carbocycles. The van der Waals surface area contributed by atoms with Crippen LogP contribution in [0.3, 0.4) is 0 Å². The number of benzene rings is 2. The van der Waals surface area contributed by atoms with Gasteiger partial charge in [-0.25, -0.2) is 0 Å². The molecule has 0 unspecified atom stereocenters. The van der Waals surface area contributed by atoms with Crippen LogP contribution in [0.4, 0.5) is 5.69 Å². The molecule has 0 heterocycles. The molecule has 0 aliphatic carbocycles. The summed E-state index contributed by atoms with van der Waals surface area (Å²) in [6, 6.07) is 14.8. The van der Waals surface area contributed by atoms with Gasteiger partial charge in [0.05, 0.1) is 11.3 Å². The summed E-state index contributed by atoms with van der Waals surface area (Å²) in [7, 11) is 0. The summed E-state index contributed by atoms with van der Waals surface area (Å²) in [4.78, 5) is 12.2. The van der Waals surface area contributed by atoms with Crippen LogP contribution >= 0.6 is 0 Å². The van der Waals surface area contributed by atoms with Crippen molar-refractivity contribution >= 4 is 11.6 Å². The minimum absolute atomic E-state index is 0.191. The second-order valence-corrected chi connectivity index (χ2v) is 4.43. The third kappa shape index (κ3) is 2.80. The first kappa shape index (κ1) is 12.8. The highest BCUT2D eigenvalue weighted by atomic mass is 16.1. The molecule has 0 aliphatic heterocycles. The third-order valence-electron chi connectivity index (χ3n) is 2.93. The topological polar surface area (TPSA) is 52.9 Å². The zero-order chi connectivity index (χ0) is 13.8. The van der Waals surface area contributed by atoms with Gasteiger partial charge in [-0.1, -0.05) is 29.8 Å². The van der Waals surface area contributed by atoms with E-state index < -0.39 is 0 Å². The van der Waals surface area contributed by atoms with Gasteiger partial charge >= 0.3 is 0 Å². The fraction of sp³-hybridized carbons (Fsp3) is 0.125. The van der Waals surface area contributed by atoms with E-state index in [1.54, 1.807) is 24.3 Å². The minimum Gasteiger partial charge on any atom is -0.321 e. The largest absolute Gasteiger partial charge is 0.321 e. The maximum atomic E-state index is 12.2. The van der Waals surface area contributed by atoms with E-state index in [9.17, 15) is 4.79 Å². The number of nitriles is 1. The van der Waals surface area contributed by atoms with Gasteiger partial charge in [0.25, 0.3) is 5.91 Å². The Bertz CT molecular complexity index is 669. The first-order valence-electron chi connectivity index (χ1n) is 5.99. The molecule has 0 bridgehead atoms. The number of anilines is 1. The molecule has 0 atom stereocenters. The summed E-state index contributed by atoms with van der Waals surface area (Å²) in [6.45, 7) is 3.84. The van der Waals surface area contributed by atoms with Crippen molar-refractivity contribution < 1.29 is 4.79 Å². The quantitative estimate of drug-likeness (QED) is 0.887. The predicted octanol–water partition coefficient (Wildman–Crippen LogP) is 3.43. The first-order chi connectivity index (χ1) is 9.11. The molecule has 0 saturated heterocycles. The number of aryl methyl sites for hydroxylation is 2. The number of para-hydroxylation sites is 1. The van der Waals surface area contributed by atoms with Crippen molar-refractivity contribution in [3.05, 3.63) is 64.7 Å². The molecule has 2 aromatic carbocycles. The van der Waals surface area contributed by atoms with Crippen molar-refractivity contribution in [2.45, 2.75) is 13.8 Å². The van der Waals surface area contributed by atoms with Gasteiger partial charge in [0, 0.05) is 5.56 Å². The van der Waals surface area contributed by atoms with Crippen molar-refractivity contribution in [3.8, 4) is 6.07 Å². The normalized spacial score (nSPS) is 9.74. The Kier molecular flexibility index (Phi) is 3.63. The molecule has 0 aromatic heterocycles. The fourth-order valence-electron chi connectivity index (χ4n) is 1.86. The monoisotopic (exact) mass is 250 g/mol. The number of nitrogens with zero attached hydrogens (tertiary/aromatic N) is 1. The summed E-state index contributed by atoms with van der Waals surface area (Å²) in [5.74, 6) is -0.191. The molecule has 0 aliphatic rings. The van der Waals surface area contributed by atoms with E-state index in [1.807, 2.05) is 32.0 Å². The Labute approximate surface area is 112 Å². The smallest absolute Gasteiger partial charge is 0.255 e. The average molecular weight is 250 g/mol. The van der Waals surface area contributed by atoms with Gasteiger partial charge in [-0.05, 0) is 37.6 Å². The van der Waals surface area contributed by atoms with Gasteiger partial charge < -0.3 is 5.32 Å². The maximum Gasteiger partial charge on any atom is 0.255 e. The Morgan fingerprint density at radius 3 is 2.63 bits per heavy atom. The molecule has 94 valence electrons. The highest BCUT2D eigenvalue weighted by molar-refractivity contribution is 6.06. The van der Waals surface area contributed by atoms with E-state index in [0.717, 1.165) is 11.1 Å². The molecule has 0 radical (unpaired) electrons. The summed E-state index contributed by atoms with van der Waals surface area (Å²) in [6.07, 6.45) is 0. The number of carbonyl (C=O) groups is 1. The molecule has 2 rings (SSSR count). The molecule has 3 heteroatoms. The van der Waals surface area contributed by atoms with Crippen LogP contribution in [0.5, 0.6) is 0 Å². The number of nitrogens with one attached hydrogen (secondary N) is 1. The Morgan fingerprint density at radius 2 is 1.89 bits per heavy atom. The van der Waals surface area contributed by atoms with Gasteiger partial charge in [-0.15, -0.1) is 0 Å². The third-order valence-corrected chi connectivity index (χ3v) is 2.93. The lowest BCUT2D eigenvalue weighted by molar-refractivity contribution is 0.102. The van der Waals surface area contributed by atoms with Gasteiger partial charge in [0.1, 0.15) is 6.07 Å². The van der Waals surface area contributed by atoms with Crippen LogP contribution in [0.25, 0.3) is 0 Å². The van der Waals surface area contributed by atoms with Crippen LogP contribution in [-0.2, 0) is 0 Å². The van der Waals surface area contributed by atoms with Gasteiger partial charge in [0.2, 0.25) is 0 Å². The minimum atomic E-state index is -0.191. The van der Waals surface area contributed by atoms with Crippen molar-refractivity contribution in [1.82, 2.24) is 0 Å². The van der Waals surface area contributed by atoms with Gasteiger partial charge in [-0.3, -0.25) is 4.79 Å². The first-order valence-corrected chi connectivity index (χ1v) is 5.99. The average Bonchev–Trinajstić information content (AvgIpc) is 2.42. The van der Waals surface area contributed by atoms with Gasteiger partial charge in [-0.2, -0.15) is 5.26 Å².